The van der Waals surface area contributed by atoms with Gasteiger partial charge in [0, 0.05) is 36.0 Å². The highest BCUT2D eigenvalue weighted by Crippen LogP contribution is 2.48. The summed E-state index contributed by atoms with van der Waals surface area (Å²) < 4.78 is 27.0. The molecule has 0 amide bonds. The van der Waals surface area contributed by atoms with Crippen LogP contribution in [0.4, 0.5) is 4.39 Å². The van der Waals surface area contributed by atoms with E-state index in [1.54, 1.807) is 13.0 Å². The summed E-state index contributed by atoms with van der Waals surface area (Å²) in [5.74, 6) is -0.468. The molecule has 6 rings (SSSR count). The Hall–Kier alpha value is -3.96. The summed E-state index contributed by atoms with van der Waals surface area (Å²) in [5, 5.41) is 21.1. The van der Waals surface area contributed by atoms with Crippen molar-refractivity contribution in [3.63, 3.8) is 0 Å². The van der Waals surface area contributed by atoms with Gasteiger partial charge in [-0.15, -0.1) is 0 Å². The fourth-order valence-corrected chi connectivity index (χ4v) is 6.81. The lowest BCUT2D eigenvalue weighted by atomic mass is 9.82. The Morgan fingerprint density at radius 2 is 1.93 bits per heavy atom. The fourth-order valence-electron chi connectivity index (χ4n) is 6.81. The van der Waals surface area contributed by atoms with Gasteiger partial charge in [0.15, 0.2) is 0 Å². The van der Waals surface area contributed by atoms with Crippen LogP contribution in [0.15, 0.2) is 48.7 Å². The highest BCUT2D eigenvalue weighted by atomic mass is 19.1. The Bertz CT molecular complexity index is 1540. The van der Waals surface area contributed by atoms with Gasteiger partial charge in [0.2, 0.25) is 5.88 Å². The SMILES string of the molecule is COc1cc(-c2ccc(C3CCc4ccc([C@H](C5CC5)[C@H](C)C(=O)[O-])cc4O3)cc2CN2CCC(C#N)CC2)c(F)cn1. The number of carboxylic acids is 1. The van der Waals surface area contributed by atoms with Crippen LogP contribution in [0.1, 0.15) is 73.3 Å². The van der Waals surface area contributed by atoms with Crippen LogP contribution in [0.5, 0.6) is 11.6 Å². The third-order valence-corrected chi connectivity index (χ3v) is 9.46. The van der Waals surface area contributed by atoms with E-state index in [1.165, 1.54) is 13.3 Å². The average Bonchev–Trinajstić information content (AvgIpc) is 3.87. The number of carbonyl (C=O) groups excluding carboxylic acids is 1. The molecular weight excluding hydrogens is 545 g/mol. The molecule has 0 spiro atoms. The third-order valence-electron chi connectivity index (χ3n) is 9.46. The van der Waals surface area contributed by atoms with Gasteiger partial charge in [0.05, 0.1) is 19.4 Å². The number of nitriles is 1. The zero-order valence-electron chi connectivity index (χ0n) is 24.7. The van der Waals surface area contributed by atoms with Crippen molar-refractivity contribution in [3.8, 4) is 28.8 Å². The van der Waals surface area contributed by atoms with Crippen LogP contribution in [-0.4, -0.2) is 36.1 Å². The summed E-state index contributed by atoms with van der Waals surface area (Å²) in [5.41, 5.74) is 5.35. The first-order valence-corrected chi connectivity index (χ1v) is 15.3. The summed E-state index contributed by atoms with van der Waals surface area (Å²) in [6.07, 6.45) is 6.38. The van der Waals surface area contributed by atoms with Crippen molar-refractivity contribution in [2.45, 2.75) is 64.0 Å². The number of aromatic nitrogens is 1. The lowest BCUT2D eigenvalue weighted by Crippen LogP contribution is -2.34. The molecule has 2 fully saturated rings. The van der Waals surface area contributed by atoms with E-state index in [0.717, 1.165) is 85.2 Å². The first kappa shape index (κ1) is 29.1. The van der Waals surface area contributed by atoms with Crippen molar-refractivity contribution in [3.05, 3.63) is 76.7 Å². The fraction of sp³-hybridized carbons (Fsp3) is 0.457. The van der Waals surface area contributed by atoms with Gasteiger partial charge in [-0.05, 0) is 97.3 Å². The van der Waals surface area contributed by atoms with Gasteiger partial charge in [-0.2, -0.15) is 5.26 Å². The Morgan fingerprint density at radius 1 is 1.14 bits per heavy atom. The second kappa shape index (κ2) is 12.3. The Kier molecular flexibility index (Phi) is 8.36. The van der Waals surface area contributed by atoms with Gasteiger partial charge < -0.3 is 19.4 Å². The highest BCUT2D eigenvalue weighted by Gasteiger charge is 2.37. The number of fused-ring (bicyclic) bond motifs is 1. The Labute approximate surface area is 252 Å². The molecule has 0 N–H and O–H groups in total. The van der Waals surface area contributed by atoms with Crippen molar-refractivity contribution < 1.29 is 23.8 Å². The van der Waals surface area contributed by atoms with E-state index < -0.39 is 17.7 Å². The molecule has 1 aliphatic carbocycles. The number of rotatable bonds is 9. The van der Waals surface area contributed by atoms with Crippen LogP contribution in [0.25, 0.3) is 11.1 Å². The second-order valence-electron chi connectivity index (χ2n) is 12.3. The standard InChI is InChI=1S/C35H38FN3O4/c1-21(35(40)41)34(24-4-5-24)26-6-3-23-8-10-31(43-32(23)16-26)25-7-9-28(29-17-33(42-2)38-19-30(29)36)27(15-25)20-39-13-11-22(18-37)12-14-39/h3,6-7,9,15-17,19,21-22,24,31,34H,4-5,8,10-14,20H2,1-2H3,(H,40,41)/p-1/t21-,31?,34-/m0/s1. The summed E-state index contributed by atoms with van der Waals surface area (Å²) in [7, 11) is 1.52. The van der Waals surface area contributed by atoms with Crippen LogP contribution in [-0.2, 0) is 17.8 Å². The minimum absolute atomic E-state index is 0.0809. The highest BCUT2D eigenvalue weighted by molar-refractivity contribution is 5.70. The minimum atomic E-state index is -1.01. The number of methoxy groups -OCH3 is 1. The molecule has 224 valence electrons. The van der Waals surface area contributed by atoms with Gasteiger partial charge in [0.25, 0.3) is 0 Å². The maximum Gasteiger partial charge on any atom is 0.213 e. The third kappa shape index (κ3) is 6.23. The zero-order valence-corrected chi connectivity index (χ0v) is 24.7. The van der Waals surface area contributed by atoms with Crippen LogP contribution in [0, 0.1) is 34.9 Å². The van der Waals surface area contributed by atoms with E-state index in [9.17, 15) is 15.2 Å². The zero-order chi connectivity index (χ0) is 30.1. The van der Waals surface area contributed by atoms with E-state index in [1.807, 2.05) is 18.2 Å². The summed E-state index contributed by atoms with van der Waals surface area (Å²) in [6.45, 7) is 4.00. The monoisotopic (exact) mass is 582 g/mol. The number of likely N-dealkylation sites (tertiary alicyclic amines) is 1. The van der Waals surface area contributed by atoms with Crippen molar-refractivity contribution in [2.75, 3.05) is 20.2 Å². The number of hydrogen-bond acceptors (Lipinski definition) is 7. The molecule has 3 atom stereocenters. The molecule has 2 aromatic carbocycles. The lowest BCUT2D eigenvalue weighted by molar-refractivity contribution is -0.311. The number of benzene rings is 2. The topological polar surface area (TPSA) is 98.5 Å². The molecule has 1 saturated heterocycles. The van der Waals surface area contributed by atoms with Crippen LogP contribution in [0.3, 0.4) is 0 Å². The number of halogens is 1. The van der Waals surface area contributed by atoms with Crippen LogP contribution >= 0.6 is 0 Å². The molecule has 8 heteroatoms. The number of nitrogens with zero attached hydrogens (tertiary/aromatic N) is 3. The van der Waals surface area contributed by atoms with E-state index in [0.29, 0.717) is 23.9 Å². The average molecular weight is 583 g/mol. The predicted molar refractivity (Wildman–Crippen MR) is 158 cm³/mol. The molecule has 3 aromatic rings. The number of hydrogen-bond donors (Lipinski definition) is 0. The van der Waals surface area contributed by atoms with Crippen molar-refractivity contribution in [1.29, 1.82) is 5.26 Å². The quantitative estimate of drug-likeness (QED) is 0.325. The van der Waals surface area contributed by atoms with E-state index in [-0.39, 0.29) is 17.9 Å². The first-order valence-electron chi connectivity index (χ1n) is 15.3. The number of carboxylic acid groups (broad SMARTS) is 1. The number of carbonyl (C=O) groups is 1. The molecule has 43 heavy (non-hydrogen) atoms. The number of ether oxygens (including phenoxy) is 2. The van der Waals surface area contributed by atoms with Crippen molar-refractivity contribution >= 4 is 5.97 Å². The maximum atomic E-state index is 15.1. The van der Waals surface area contributed by atoms with Gasteiger partial charge >= 0.3 is 0 Å². The number of aliphatic carboxylic acids is 1. The summed E-state index contributed by atoms with van der Waals surface area (Å²) >= 11 is 0. The number of piperidine rings is 1. The second-order valence-corrected chi connectivity index (χ2v) is 12.3. The number of aryl methyl sites for hydroxylation is 1. The van der Waals surface area contributed by atoms with Crippen molar-refractivity contribution in [2.24, 2.45) is 17.8 Å². The van der Waals surface area contributed by atoms with E-state index >= 15 is 4.39 Å². The largest absolute Gasteiger partial charge is 0.550 e. The summed E-state index contributed by atoms with van der Waals surface area (Å²) in [6, 6.07) is 16.3. The molecule has 3 aliphatic rings. The molecule has 3 heterocycles. The maximum absolute atomic E-state index is 15.1. The molecular formula is C35H37FN3O4-. The number of pyridine rings is 1. The smallest absolute Gasteiger partial charge is 0.213 e. The van der Waals surface area contributed by atoms with Gasteiger partial charge in [-0.25, -0.2) is 9.37 Å². The van der Waals surface area contributed by atoms with Crippen molar-refractivity contribution in [1.82, 2.24) is 9.88 Å². The molecule has 1 unspecified atom stereocenters. The van der Waals surface area contributed by atoms with Gasteiger partial charge in [0.1, 0.15) is 17.7 Å². The lowest BCUT2D eigenvalue weighted by Gasteiger charge is -2.31. The normalized spacial score (nSPS) is 20.4. The Morgan fingerprint density at radius 3 is 2.63 bits per heavy atom. The predicted octanol–water partition coefficient (Wildman–Crippen LogP) is 5.58. The molecule has 1 saturated carbocycles. The van der Waals surface area contributed by atoms with Gasteiger partial charge in [-0.1, -0.05) is 37.3 Å². The molecule has 0 radical (unpaired) electrons. The molecule has 2 aliphatic heterocycles. The van der Waals surface area contributed by atoms with E-state index in [4.69, 9.17) is 9.47 Å². The molecule has 1 aromatic heterocycles. The first-order chi connectivity index (χ1) is 20.8. The Balaban J connectivity index is 1.31. The van der Waals surface area contributed by atoms with Crippen LogP contribution < -0.4 is 14.6 Å². The summed E-state index contributed by atoms with van der Waals surface area (Å²) in [4.78, 5) is 18.1. The molecule has 0 bridgehead atoms. The molecule has 7 nitrogen and oxygen atoms in total. The van der Waals surface area contributed by atoms with Gasteiger partial charge in [-0.3, -0.25) is 4.90 Å². The van der Waals surface area contributed by atoms with Crippen LogP contribution in [0.2, 0.25) is 0 Å². The minimum Gasteiger partial charge on any atom is -0.550 e. The van der Waals surface area contributed by atoms with E-state index in [2.05, 4.69) is 34.2 Å².